The van der Waals surface area contributed by atoms with E-state index in [-0.39, 0.29) is 22.1 Å². The lowest BCUT2D eigenvalue weighted by molar-refractivity contribution is -0.134. The number of hydrogen-bond acceptors (Lipinski definition) is 4. The molecular formula is C17H17ClO4S. The maximum absolute atomic E-state index is 12.3. The largest absolute Gasteiger partial charge is 0.426 e. The molecule has 0 N–H and O–H groups in total. The molecule has 0 atom stereocenters. The number of para-hydroxylation sites is 1. The van der Waals surface area contributed by atoms with Crippen LogP contribution in [0.3, 0.4) is 0 Å². The van der Waals surface area contributed by atoms with Crippen LogP contribution in [0.5, 0.6) is 5.75 Å². The van der Waals surface area contributed by atoms with Crippen molar-refractivity contribution in [2.45, 2.75) is 25.2 Å². The summed E-state index contributed by atoms with van der Waals surface area (Å²) >= 11 is 5.90. The maximum Gasteiger partial charge on any atom is 0.312 e. The van der Waals surface area contributed by atoms with E-state index < -0.39 is 15.8 Å². The summed E-state index contributed by atoms with van der Waals surface area (Å²) in [6, 6.07) is 11.7. The monoisotopic (exact) mass is 352 g/mol. The molecule has 4 nitrogen and oxygen atoms in total. The van der Waals surface area contributed by atoms with Crippen molar-refractivity contribution in [3.63, 3.8) is 0 Å². The topological polar surface area (TPSA) is 60.4 Å². The lowest BCUT2D eigenvalue weighted by atomic mass is 10.1. The summed E-state index contributed by atoms with van der Waals surface area (Å²) in [5, 5.41) is 0.149. The van der Waals surface area contributed by atoms with Crippen LogP contribution in [0.15, 0.2) is 47.4 Å². The van der Waals surface area contributed by atoms with Gasteiger partial charge in [-0.15, -0.1) is 0 Å². The molecule has 0 aliphatic carbocycles. The molecule has 0 saturated heterocycles. The Balaban J connectivity index is 2.06. The summed E-state index contributed by atoms with van der Waals surface area (Å²) in [7, 11) is -3.63. The third kappa shape index (κ3) is 4.33. The third-order valence-electron chi connectivity index (χ3n) is 3.37. The van der Waals surface area contributed by atoms with Gasteiger partial charge in [-0.2, -0.15) is 0 Å². The molecule has 122 valence electrons. The summed E-state index contributed by atoms with van der Waals surface area (Å²) in [5.74, 6) is -0.453. The molecule has 0 heterocycles. The van der Waals surface area contributed by atoms with Gasteiger partial charge in [0.1, 0.15) is 5.75 Å². The molecule has 2 aromatic carbocycles. The minimum Gasteiger partial charge on any atom is -0.426 e. The van der Waals surface area contributed by atoms with Gasteiger partial charge in [0.2, 0.25) is 0 Å². The van der Waals surface area contributed by atoms with E-state index in [1.807, 2.05) is 32.0 Å². The Labute approximate surface area is 141 Å². The predicted molar refractivity (Wildman–Crippen MR) is 89.7 cm³/mol. The van der Waals surface area contributed by atoms with Crippen molar-refractivity contribution in [2.75, 3.05) is 5.75 Å². The molecule has 2 rings (SSSR count). The van der Waals surface area contributed by atoms with Crippen molar-refractivity contribution >= 4 is 27.4 Å². The molecule has 0 radical (unpaired) electrons. The first kappa shape index (κ1) is 17.5. The number of hydrogen-bond donors (Lipinski definition) is 0. The van der Waals surface area contributed by atoms with Gasteiger partial charge in [0, 0.05) is 0 Å². The molecule has 0 aliphatic heterocycles. The van der Waals surface area contributed by atoms with Crippen LogP contribution in [0.25, 0.3) is 0 Å². The first-order chi connectivity index (χ1) is 10.8. The van der Waals surface area contributed by atoms with E-state index in [1.54, 1.807) is 12.1 Å². The van der Waals surface area contributed by atoms with E-state index in [1.165, 1.54) is 12.1 Å². The zero-order chi connectivity index (χ0) is 17.0. The SMILES string of the molecule is Cc1cccc(C)c1OC(=O)CCS(=O)(=O)c1ccccc1Cl. The quantitative estimate of drug-likeness (QED) is 0.607. The second-order valence-electron chi connectivity index (χ2n) is 5.19. The number of carbonyl (C=O) groups excluding carboxylic acids is 1. The van der Waals surface area contributed by atoms with Crippen LogP contribution in [-0.2, 0) is 14.6 Å². The summed E-state index contributed by atoms with van der Waals surface area (Å²) in [6.07, 6.45) is -0.235. The van der Waals surface area contributed by atoms with Crippen molar-refractivity contribution < 1.29 is 17.9 Å². The average molecular weight is 353 g/mol. The fourth-order valence-corrected chi connectivity index (χ4v) is 3.94. The van der Waals surface area contributed by atoms with Crippen LogP contribution in [0.2, 0.25) is 5.02 Å². The maximum atomic E-state index is 12.3. The van der Waals surface area contributed by atoms with Crippen LogP contribution in [0.4, 0.5) is 0 Å². The van der Waals surface area contributed by atoms with Crippen molar-refractivity contribution in [1.82, 2.24) is 0 Å². The van der Waals surface area contributed by atoms with E-state index in [9.17, 15) is 13.2 Å². The van der Waals surface area contributed by atoms with E-state index in [4.69, 9.17) is 16.3 Å². The molecule has 0 saturated carbocycles. The van der Waals surface area contributed by atoms with Gasteiger partial charge in [-0.05, 0) is 37.1 Å². The third-order valence-corrected chi connectivity index (χ3v) is 5.58. The zero-order valence-electron chi connectivity index (χ0n) is 12.9. The first-order valence-electron chi connectivity index (χ1n) is 7.05. The predicted octanol–water partition coefficient (Wildman–Crippen LogP) is 3.73. The van der Waals surface area contributed by atoms with Gasteiger partial charge < -0.3 is 4.74 Å². The Kier molecular flexibility index (Phi) is 5.44. The van der Waals surface area contributed by atoms with E-state index >= 15 is 0 Å². The molecule has 0 amide bonds. The van der Waals surface area contributed by atoms with E-state index in [0.29, 0.717) is 5.75 Å². The Hall–Kier alpha value is -1.85. The number of aryl methyl sites for hydroxylation is 2. The highest BCUT2D eigenvalue weighted by atomic mass is 35.5. The van der Waals surface area contributed by atoms with Gasteiger partial charge in [-0.25, -0.2) is 8.42 Å². The molecule has 0 fully saturated rings. The number of sulfone groups is 1. The number of benzene rings is 2. The molecule has 0 aromatic heterocycles. The van der Waals surface area contributed by atoms with Crippen molar-refractivity contribution in [3.05, 3.63) is 58.6 Å². The van der Waals surface area contributed by atoms with Crippen LogP contribution < -0.4 is 4.74 Å². The van der Waals surface area contributed by atoms with Gasteiger partial charge in [0.05, 0.1) is 22.1 Å². The van der Waals surface area contributed by atoms with Crippen LogP contribution in [-0.4, -0.2) is 20.1 Å². The molecule has 0 spiro atoms. The van der Waals surface area contributed by atoms with Crippen molar-refractivity contribution in [3.8, 4) is 5.75 Å². The molecular weight excluding hydrogens is 336 g/mol. The molecule has 6 heteroatoms. The molecule has 23 heavy (non-hydrogen) atoms. The highest BCUT2D eigenvalue weighted by molar-refractivity contribution is 7.91. The minimum absolute atomic E-state index is 0.0292. The molecule has 2 aromatic rings. The number of esters is 1. The Morgan fingerprint density at radius 1 is 1.04 bits per heavy atom. The first-order valence-corrected chi connectivity index (χ1v) is 9.08. The van der Waals surface area contributed by atoms with Gasteiger partial charge in [0.15, 0.2) is 9.84 Å². The van der Waals surface area contributed by atoms with Gasteiger partial charge in [0.25, 0.3) is 0 Å². The molecule has 0 bridgehead atoms. The van der Waals surface area contributed by atoms with E-state index in [2.05, 4.69) is 0 Å². The number of rotatable bonds is 5. The van der Waals surface area contributed by atoms with Crippen LogP contribution >= 0.6 is 11.6 Å². The number of halogens is 1. The minimum atomic E-state index is -3.63. The molecule has 0 aliphatic rings. The highest BCUT2D eigenvalue weighted by Crippen LogP contribution is 2.24. The average Bonchev–Trinajstić information content (AvgIpc) is 2.49. The fourth-order valence-electron chi connectivity index (χ4n) is 2.15. The number of ether oxygens (including phenoxy) is 1. The zero-order valence-corrected chi connectivity index (χ0v) is 14.4. The summed E-state index contributed by atoms with van der Waals surface area (Å²) in [5.41, 5.74) is 1.65. The summed E-state index contributed by atoms with van der Waals surface area (Å²) in [4.78, 5) is 12.0. The Bertz CT molecular complexity index is 808. The van der Waals surface area contributed by atoms with Crippen LogP contribution in [0.1, 0.15) is 17.5 Å². The smallest absolute Gasteiger partial charge is 0.312 e. The van der Waals surface area contributed by atoms with E-state index in [0.717, 1.165) is 11.1 Å². The second-order valence-corrected chi connectivity index (χ2v) is 7.68. The van der Waals surface area contributed by atoms with Crippen molar-refractivity contribution in [1.29, 1.82) is 0 Å². The normalized spacial score (nSPS) is 11.3. The Morgan fingerprint density at radius 3 is 2.26 bits per heavy atom. The summed E-state index contributed by atoms with van der Waals surface area (Å²) < 4.78 is 29.8. The van der Waals surface area contributed by atoms with Gasteiger partial charge in [-0.3, -0.25) is 4.79 Å². The lowest BCUT2D eigenvalue weighted by Gasteiger charge is -2.10. The fraction of sp³-hybridized carbons (Fsp3) is 0.235. The van der Waals surface area contributed by atoms with Gasteiger partial charge >= 0.3 is 5.97 Å². The Morgan fingerprint density at radius 2 is 1.65 bits per heavy atom. The standard InChI is InChI=1S/C17H17ClO4S/c1-12-6-5-7-13(2)17(12)22-16(19)10-11-23(20,21)15-9-4-3-8-14(15)18/h3-9H,10-11H2,1-2H3. The van der Waals surface area contributed by atoms with Gasteiger partial charge in [-0.1, -0.05) is 41.9 Å². The second kappa shape index (κ2) is 7.15. The lowest BCUT2D eigenvalue weighted by Crippen LogP contribution is -2.16. The highest BCUT2D eigenvalue weighted by Gasteiger charge is 2.20. The van der Waals surface area contributed by atoms with Crippen molar-refractivity contribution in [2.24, 2.45) is 0 Å². The molecule has 0 unspecified atom stereocenters. The number of carbonyl (C=O) groups is 1. The van der Waals surface area contributed by atoms with Crippen LogP contribution in [0, 0.1) is 13.8 Å². The summed E-state index contributed by atoms with van der Waals surface area (Å²) in [6.45, 7) is 3.66.